The molecule has 4 nitrogen and oxygen atoms in total. The van der Waals surface area contributed by atoms with E-state index >= 15 is 0 Å². The number of nitrogens with one attached hydrogen (secondary N) is 2. The molecule has 17 heavy (non-hydrogen) atoms. The molecule has 0 fully saturated rings. The van der Waals surface area contributed by atoms with E-state index in [2.05, 4.69) is 10.6 Å². The van der Waals surface area contributed by atoms with Crippen molar-refractivity contribution in [1.82, 2.24) is 5.32 Å². The van der Waals surface area contributed by atoms with Crippen LogP contribution in [0.2, 0.25) is 0 Å². The summed E-state index contributed by atoms with van der Waals surface area (Å²) in [6.45, 7) is 3.29. The average molecular weight is 236 g/mol. The van der Waals surface area contributed by atoms with Crippen LogP contribution < -0.4 is 10.6 Å². The Bertz CT molecular complexity index is 378. The van der Waals surface area contributed by atoms with Gasteiger partial charge in [-0.05, 0) is 31.0 Å². The van der Waals surface area contributed by atoms with Gasteiger partial charge in [0.2, 0.25) is 0 Å². The highest BCUT2D eigenvalue weighted by molar-refractivity contribution is 5.99. The molecule has 94 valence electrons. The standard InChI is InChI=1S/C13H20N2O2/c1-10-5-6-11(12(9-10)14-2)13(16)15-7-4-8-17-3/h5-6,9,14H,4,7-8H2,1-3H3,(H,15,16). The molecule has 0 aromatic heterocycles. The third kappa shape index (κ3) is 4.07. The molecule has 0 saturated carbocycles. The predicted octanol–water partition coefficient (Wildman–Crippen LogP) is 1.80. The molecule has 0 bridgehead atoms. The first-order chi connectivity index (χ1) is 8.19. The highest BCUT2D eigenvalue weighted by atomic mass is 16.5. The maximum atomic E-state index is 11.9. The molecule has 1 amide bonds. The van der Waals surface area contributed by atoms with Gasteiger partial charge in [0.15, 0.2) is 0 Å². The Morgan fingerprint density at radius 2 is 2.18 bits per heavy atom. The first-order valence-corrected chi connectivity index (χ1v) is 5.74. The second-order valence-corrected chi connectivity index (χ2v) is 3.90. The predicted molar refractivity (Wildman–Crippen MR) is 69.6 cm³/mol. The summed E-state index contributed by atoms with van der Waals surface area (Å²) >= 11 is 0. The molecule has 0 saturated heterocycles. The second-order valence-electron chi connectivity index (χ2n) is 3.90. The Labute approximate surface area is 102 Å². The van der Waals surface area contributed by atoms with E-state index in [0.29, 0.717) is 18.7 Å². The Morgan fingerprint density at radius 1 is 1.41 bits per heavy atom. The largest absolute Gasteiger partial charge is 0.387 e. The number of ether oxygens (including phenoxy) is 1. The van der Waals surface area contributed by atoms with Crippen molar-refractivity contribution in [2.75, 3.05) is 32.6 Å². The fourth-order valence-electron chi connectivity index (χ4n) is 1.58. The van der Waals surface area contributed by atoms with E-state index in [0.717, 1.165) is 17.7 Å². The van der Waals surface area contributed by atoms with E-state index in [1.807, 2.05) is 32.2 Å². The van der Waals surface area contributed by atoms with Crippen LogP contribution in [0.25, 0.3) is 0 Å². The lowest BCUT2D eigenvalue weighted by Gasteiger charge is -2.10. The third-order valence-corrected chi connectivity index (χ3v) is 2.50. The number of anilines is 1. The van der Waals surface area contributed by atoms with E-state index in [1.165, 1.54) is 0 Å². The zero-order valence-electron chi connectivity index (χ0n) is 10.7. The van der Waals surface area contributed by atoms with Crippen LogP contribution >= 0.6 is 0 Å². The third-order valence-electron chi connectivity index (χ3n) is 2.50. The Balaban J connectivity index is 2.62. The van der Waals surface area contributed by atoms with Crippen molar-refractivity contribution in [2.24, 2.45) is 0 Å². The summed E-state index contributed by atoms with van der Waals surface area (Å²) in [4.78, 5) is 11.9. The molecule has 1 aromatic carbocycles. The van der Waals surface area contributed by atoms with Gasteiger partial charge in [0, 0.05) is 33.0 Å². The number of aryl methyl sites for hydroxylation is 1. The number of carbonyl (C=O) groups excluding carboxylic acids is 1. The Kier molecular flexibility index (Phi) is 5.49. The number of amides is 1. The lowest BCUT2D eigenvalue weighted by Crippen LogP contribution is -2.26. The van der Waals surface area contributed by atoms with Crippen molar-refractivity contribution in [3.8, 4) is 0 Å². The minimum atomic E-state index is -0.0505. The molecule has 2 N–H and O–H groups in total. The van der Waals surface area contributed by atoms with Gasteiger partial charge in [-0.15, -0.1) is 0 Å². The molecule has 0 aliphatic heterocycles. The molecule has 0 radical (unpaired) electrons. The molecule has 4 heteroatoms. The fraction of sp³-hybridized carbons (Fsp3) is 0.462. The van der Waals surface area contributed by atoms with Crippen LogP contribution in [-0.2, 0) is 4.74 Å². The topological polar surface area (TPSA) is 50.4 Å². The van der Waals surface area contributed by atoms with Crippen molar-refractivity contribution in [3.05, 3.63) is 29.3 Å². The second kappa shape index (κ2) is 6.91. The van der Waals surface area contributed by atoms with Gasteiger partial charge in [-0.25, -0.2) is 0 Å². The summed E-state index contributed by atoms with van der Waals surface area (Å²) in [6.07, 6.45) is 0.822. The monoisotopic (exact) mass is 236 g/mol. The van der Waals surface area contributed by atoms with Crippen LogP contribution in [0.4, 0.5) is 5.69 Å². The van der Waals surface area contributed by atoms with Crippen LogP contribution in [0.3, 0.4) is 0 Å². The van der Waals surface area contributed by atoms with Crippen LogP contribution in [0, 0.1) is 6.92 Å². The summed E-state index contributed by atoms with van der Waals surface area (Å²) in [7, 11) is 3.47. The van der Waals surface area contributed by atoms with Crippen LogP contribution in [0.1, 0.15) is 22.3 Å². The number of hydrogen-bond donors (Lipinski definition) is 2. The maximum absolute atomic E-state index is 11.9. The lowest BCUT2D eigenvalue weighted by atomic mass is 10.1. The van der Waals surface area contributed by atoms with E-state index in [9.17, 15) is 4.79 Å². The summed E-state index contributed by atoms with van der Waals surface area (Å²) in [5, 5.41) is 5.90. The van der Waals surface area contributed by atoms with Crippen LogP contribution in [0.5, 0.6) is 0 Å². The van der Waals surface area contributed by atoms with Crippen molar-refractivity contribution < 1.29 is 9.53 Å². The van der Waals surface area contributed by atoms with Gasteiger partial charge in [0.25, 0.3) is 5.91 Å². The number of hydrogen-bond acceptors (Lipinski definition) is 3. The van der Waals surface area contributed by atoms with Crippen molar-refractivity contribution >= 4 is 11.6 Å². The number of rotatable bonds is 6. The van der Waals surface area contributed by atoms with E-state index < -0.39 is 0 Å². The van der Waals surface area contributed by atoms with Gasteiger partial charge in [-0.3, -0.25) is 4.79 Å². The Morgan fingerprint density at radius 3 is 2.82 bits per heavy atom. The molecule has 0 aliphatic carbocycles. The molecular weight excluding hydrogens is 216 g/mol. The highest BCUT2D eigenvalue weighted by Gasteiger charge is 2.09. The SMILES string of the molecule is CNc1cc(C)ccc1C(=O)NCCCOC. The number of carbonyl (C=O) groups is 1. The van der Waals surface area contributed by atoms with Gasteiger partial charge >= 0.3 is 0 Å². The first-order valence-electron chi connectivity index (χ1n) is 5.74. The van der Waals surface area contributed by atoms with Gasteiger partial charge in [0.05, 0.1) is 5.56 Å². The normalized spacial score (nSPS) is 10.1. The van der Waals surface area contributed by atoms with Gasteiger partial charge in [0.1, 0.15) is 0 Å². The van der Waals surface area contributed by atoms with Gasteiger partial charge in [-0.2, -0.15) is 0 Å². The number of benzene rings is 1. The summed E-state index contributed by atoms with van der Waals surface area (Å²) < 4.78 is 4.93. The molecule has 0 heterocycles. The van der Waals surface area contributed by atoms with Crippen molar-refractivity contribution in [2.45, 2.75) is 13.3 Å². The van der Waals surface area contributed by atoms with Crippen LogP contribution in [-0.4, -0.2) is 33.2 Å². The van der Waals surface area contributed by atoms with Crippen LogP contribution in [0.15, 0.2) is 18.2 Å². The highest BCUT2D eigenvalue weighted by Crippen LogP contribution is 2.16. The van der Waals surface area contributed by atoms with Gasteiger partial charge < -0.3 is 15.4 Å². The molecular formula is C13H20N2O2. The molecule has 1 aromatic rings. The van der Waals surface area contributed by atoms with Crippen molar-refractivity contribution in [3.63, 3.8) is 0 Å². The fourth-order valence-corrected chi connectivity index (χ4v) is 1.58. The molecule has 1 rings (SSSR count). The van der Waals surface area contributed by atoms with E-state index in [1.54, 1.807) is 7.11 Å². The zero-order valence-corrected chi connectivity index (χ0v) is 10.7. The number of methoxy groups -OCH3 is 1. The minimum Gasteiger partial charge on any atom is -0.387 e. The molecule has 0 aliphatic rings. The van der Waals surface area contributed by atoms with E-state index in [-0.39, 0.29) is 5.91 Å². The van der Waals surface area contributed by atoms with Crippen molar-refractivity contribution in [1.29, 1.82) is 0 Å². The molecule has 0 spiro atoms. The maximum Gasteiger partial charge on any atom is 0.253 e. The first kappa shape index (κ1) is 13.5. The zero-order chi connectivity index (χ0) is 12.7. The summed E-state index contributed by atoms with van der Waals surface area (Å²) in [5.74, 6) is -0.0505. The minimum absolute atomic E-state index is 0.0505. The molecule has 0 atom stereocenters. The quantitative estimate of drug-likeness (QED) is 0.741. The smallest absolute Gasteiger partial charge is 0.253 e. The van der Waals surface area contributed by atoms with Gasteiger partial charge in [-0.1, -0.05) is 6.07 Å². The van der Waals surface area contributed by atoms with E-state index in [4.69, 9.17) is 4.74 Å². The lowest BCUT2D eigenvalue weighted by molar-refractivity contribution is 0.0949. The summed E-state index contributed by atoms with van der Waals surface area (Å²) in [5.41, 5.74) is 2.66. The molecule has 0 unspecified atom stereocenters. The summed E-state index contributed by atoms with van der Waals surface area (Å²) in [6, 6.07) is 5.74. The average Bonchev–Trinajstić information content (AvgIpc) is 2.34. The Hall–Kier alpha value is -1.55.